The zero-order valence-electron chi connectivity index (χ0n) is 8.97. The van der Waals surface area contributed by atoms with E-state index in [1.165, 1.54) is 6.07 Å². The van der Waals surface area contributed by atoms with Crippen LogP contribution < -0.4 is 9.64 Å². The van der Waals surface area contributed by atoms with Gasteiger partial charge in [-0.3, -0.25) is 0 Å². The molecule has 0 N–H and O–H groups in total. The first kappa shape index (κ1) is 10.2. The molecule has 2 rings (SSSR count). The lowest BCUT2D eigenvalue weighted by atomic mass is 10.1. The van der Waals surface area contributed by atoms with E-state index in [0.29, 0.717) is 12.2 Å². The minimum absolute atomic E-state index is 0.00810. The summed E-state index contributed by atoms with van der Waals surface area (Å²) >= 11 is 0. The fourth-order valence-corrected chi connectivity index (χ4v) is 1.88. The number of ether oxygens (including phenoxy) is 1. The third kappa shape index (κ3) is 1.64. The maximum Gasteiger partial charge on any atom is 0.202 e. The molecule has 0 amide bonds. The standard InChI is InChI=1S/C11H13F2NO/c1-11(2)6-14(3)8-5-4-7(12)9(13)10(8)15-11/h4-5H,6H2,1-3H3. The topological polar surface area (TPSA) is 12.5 Å². The van der Waals surface area contributed by atoms with E-state index >= 15 is 0 Å². The molecule has 0 fully saturated rings. The minimum atomic E-state index is -0.910. The van der Waals surface area contributed by atoms with Gasteiger partial charge in [0.25, 0.3) is 0 Å². The van der Waals surface area contributed by atoms with Gasteiger partial charge in [0, 0.05) is 7.05 Å². The van der Waals surface area contributed by atoms with E-state index in [-0.39, 0.29) is 5.75 Å². The average Bonchev–Trinajstić information content (AvgIpc) is 2.10. The van der Waals surface area contributed by atoms with Crippen molar-refractivity contribution in [2.75, 3.05) is 18.5 Å². The van der Waals surface area contributed by atoms with Gasteiger partial charge < -0.3 is 9.64 Å². The van der Waals surface area contributed by atoms with Crippen LogP contribution in [0.3, 0.4) is 0 Å². The molecule has 1 aromatic rings. The molecule has 0 aromatic heterocycles. The van der Waals surface area contributed by atoms with Crippen molar-refractivity contribution < 1.29 is 13.5 Å². The second kappa shape index (κ2) is 3.08. The Morgan fingerprint density at radius 2 is 2.00 bits per heavy atom. The molecule has 4 heteroatoms. The molecule has 2 nitrogen and oxygen atoms in total. The van der Waals surface area contributed by atoms with Crippen LogP contribution in [0.25, 0.3) is 0 Å². The van der Waals surface area contributed by atoms with E-state index < -0.39 is 17.2 Å². The van der Waals surface area contributed by atoms with E-state index in [1.54, 1.807) is 0 Å². The van der Waals surface area contributed by atoms with Gasteiger partial charge in [-0.25, -0.2) is 4.39 Å². The summed E-state index contributed by atoms with van der Waals surface area (Å²) < 4.78 is 31.9. The van der Waals surface area contributed by atoms with E-state index in [1.807, 2.05) is 25.8 Å². The predicted octanol–water partition coefficient (Wildman–Crippen LogP) is 2.57. The monoisotopic (exact) mass is 213 g/mol. The van der Waals surface area contributed by atoms with Gasteiger partial charge >= 0.3 is 0 Å². The summed E-state index contributed by atoms with van der Waals surface area (Å²) in [6.45, 7) is 4.33. The molecular formula is C11H13F2NO. The van der Waals surface area contributed by atoms with Gasteiger partial charge in [0.2, 0.25) is 5.82 Å². The van der Waals surface area contributed by atoms with Gasteiger partial charge in [-0.15, -0.1) is 0 Å². The van der Waals surface area contributed by atoms with E-state index in [9.17, 15) is 8.78 Å². The van der Waals surface area contributed by atoms with Crippen molar-refractivity contribution >= 4 is 5.69 Å². The highest BCUT2D eigenvalue weighted by atomic mass is 19.2. The third-order valence-corrected chi connectivity index (χ3v) is 2.44. The quantitative estimate of drug-likeness (QED) is 0.656. The molecule has 0 atom stereocenters. The van der Waals surface area contributed by atoms with Crippen LogP contribution in [0.1, 0.15) is 13.8 Å². The second-order valence-electron chi connectivity index (χ2n) is 4.43. The lowest BCUT2D eigenvalue weighted by Crippen LogP contribution is -2.45. The summed E-state index contributed by atoms with van der Waals surface area (Å²) in [6, 6.07) is 2.65. The lowest BCUT2D eigenvalue weighted by Gasteiger charge is -2.39. The number of rotatable bonds is 0. The first-order valence-corrected chi connectivity index (χ1v) is 4.79. The van der Waals surface area contributed by atoms with E-state index in [2.05, 4.69) is 0 Å². The maximum absolute atomic E-state index is 13.5. The van der Waals surface area contributed by atoms with Crippen LogP contribution in [-0.4, -0.2) is 19.2 Å². The minimum Gasteiger partial charge on any atom is -0.481 e. The van der Waals surface area contributed by atoms with Crippen LogP contribution in [0.15, 0.2) is 12.1 Å². The van der Waals surface area contributed by atoms with Crippen molar-refractivity contribution in [1.82, 2.24) is 0 Å². The Balaban J connectivity index is 2.56. The van der Waals surface area contributed by atoms with Crippen molar-refractivity contribution in [3.8, 4) is 5.75 Å². The largest absolute Gasteiger partial charge is 0.481 e. The fraction of sp³-hybridized carbons (Fsp3) is 0.455. The molecular weight excluding hydrogens is 200 g/mol. The Kier molecular flexibility index (Phi) is 2.10. The molecule has 0 spiro atoms. The number of nitrogens with zero attached hydrogens (tertiary/aromatic N) is 1. The molecule has 0 saturated carbocycles. The number of halogens is 2. The van der Waals surface area contributed by atoms with E-state index in [0.717, 1.165) is 6.07 Å². The molecule has 0 aliphatic carbocycles. The zero-order valence-corrected chi connectivity index (χ0v) is 8.97. The lowest BCUT2D eigenvalue weighted by molar-refractivity contribution is 0.0995. The molecule has 82 valence electrons. The van der Waals surface area contributed by atoms with Crippen LogP contribution in [0, 0.1) is 11.6 Å². The maximum atomic E-state index is 13.5. The van der Waals surface area contributed by atoms with Crippen LogP contribution in [-0.2, 0) is 0 Å². The SMILES string of the molecule is CN1CC(C)(C)Oc2c1ccc(F)c2F. The van der Waals surface area contributed by atoms with Crippen LogP contribution >= 0.6 is 0 Å². The Hall–Kier alpha value is -1.32. The number of hydrogen-bond acceptors (Lipinski definition) is 2. The molecule has 0 radical (unpaired) electrons. The summed E-state index contributed by atoms with van der Waals surface area (Å²) in [5, 5.41) is 0. The zero-order chi connectivity index (χ0) is 11.2. The van der Waals surface area contributed by atoms with Gasteiger partial charge in [-0.05, 0) is 26.0 Å². The average molecular weight is 213 g/mol. The highest BCUT2D eigenvalue weighted by Gasteiger charge is 2.32. The van der Waals surface area contributed by atoms with Crippen molar-refractivity contribution in [3.05, 3.63) is 23.8 Å². The van der Waals surface area contributed by atoms with Gasteiger partial charge in [0.1, 0.15) is 5.60 Å². The first-order chi connectivity index (χ1) is 6.91. The first-order valence-electron chi connectivity index (χ1n) is 4.79. The Labute approximate surface area is 87.5 Å². The van der Waals surface area contributed by atoms with Crippen molar-refractivity contribution in [2.45, 2.75) is 19.4 Å². The summed E-state index contributed by atoms with van der Waals surface area (Å²) in [4.78, 5) is 1.86. The summed E-state index contributed by atoms with van der Waals surface area (Å²) in [7, 11) is 1.83. The molecule has 0 bridgehead atoms. The molecule has 0 unspecified atom stereocenters. The number of likely N-dealkylation sites (N-methyl/N-ethyl adjacent to an activating group) is 1. The summed E-state index contributed by atoms with van der Waals surface area (Å²) in [6.07, 6.45) is 0. The fourth-order valence-electron chi connectivity index (χ4n) is 1.88. The smallest absolute Gasteiger partial charge is 0.202 e. The van der Waals surface area contributed by atoms with Crippen LogP contribution in [0.5, 0.6) is 5.75 Å². The Morgan fingerprint density at radius 1 is 1.33 bits per heavy atom. The summed E-state index contributed by atoms with van der Waals surface area (Å²) in [5.41, 5.74) is 0.0874. The van der Waals surface area contributed by atoms with Crippen molar-refractivity contribution in [3.63, 3.8) is 0 Å². The molecule has 0 saturated heterocycles. The molecule has 15 heavy (non-hydrogen) atoms. The highest BCUT2D eigenvalue weighted by molar-refractivity contribution is 5.60. The van der Waals surface area contributed by atoms with E-state index in [4.69, 9.17) is 4.74 Å². The summed E-state index contributed by atoms with van der Waals surface area (Å²) in [5.74, 6) is -1.78. The predicted molar refractivity (Wildman–Crippen MR) is 54.3 cm³/mol. The Bertz CT molecular complexity index is 404. The molecule has 1 aromatic carbocycles. The molecule has 1 heterocycles. The number of anilines is 1. The molecule has 1 aliphatic heterocycles. The highest BCUT2D eigenvalue weighted by Crippen LogP contribution is 2.38. The van der Waals surface area contributed by atoms with Gasteiger partial charge in [0.15, 0.2) is 11.6 Å². The number of benzene rings is 1. The number of hydrogen-bond donors (Lipinski definition) is 0. The van der Waals surface area contributed by atoms with Crippen LogP contribution in [0.4, 0.5) is 14.5 Å². The van der Waals surface area contributed by atoms with Crippen molar-refractivity contribution in [2.24, 2.45) is 0 Å². The Morgan fingerprint density at radius 3 is 2.67 bits per heavy atom. The van der Waals surface area contributed by atoms with Crippen LogP contribution in [0.2, 0.25) is 0 Å². The van der Waals surface area contributed by atoms with Gasteiger partial charge in [0.05, 0.1) is 12.2 Å². The third-order valence-electron chi connectivity index (χ3n) is 2.44. The van der Waals surface area contributed by atoms with Crippen molar-refractivity contribution in [1.29, 1.82) is 0 Å². The molecule has 1 aliphatic rings. The van der Waals surface area contributed by atoms with Gasteiger partial charge in [-0.1, -0.05) is 0 Å². The number of fused-ring (bicyclic) bond motifs is 1. The normalized spacial score (nSPS) is 18.3. The van der Waals surface area contributed by atoms with Gasteiger partial charge in [-0.2, -0.15) is 4.39 Å². The second-order valence-corrected chi connectivity index (χ2v) is 4.43.